The van der Waals surface area contributed by atoms with Crippen LogP contribution in [0.5, 0.6) is 0 Å². The highest BCUT2D eigenvalue weighted by Gasteiger charge is 2.20. The molecule has 0 saturated carbocycles. The standard InChI is InChI=1S/C16H24Cl2N2/c1-12(2)19-9-13-4-3-7-20(10-13)11-14-8-15(17)5-6-16(14)18/h5-6,8,12-13,19H,3-4,7,9-11H2,1-2H3. The molecular formula is C16H24Cl2N2. The van der Waals surface area contributed by atoms with E-state index in [1.54, 1.807) is 0 Å². The molecule has 1 saturated heterocycles. The molecule has 1 heterocycles. The highest BCUT2D eigenvalue weighted by molar-refractivity contribution is 6.33. The van der Waals surface area contributed by atoms with Gasteiger partial charge in [-0.1, -0.05) is 37.0 Å². The number of hydrogen-bond donors (Lipinski definition) is 1. The van der Waals surface area contributed by atoms with Gasteiger partial charge >= 0.3 is 0 Å². The number of benzene rings is 1. The van der Waals surface area contributed by atoms with Crippen molar-refractivity contribution < 1.29 is 0 Å². The van der Waals surface area contributed by atoms with Crippen molar-refractivity contribution in [3.63, 3.8) is 0 Å². The van der Waals surface area contributed by atoms with Crippen molar-refractivity contribution in [3.05, 3.63) is 33.8 Å². The van der Waals surface area contributed by atoms with E-state index in [1.165, 1.54) is 12.8 Å². The maximum atomic E-state index is 6.26. The Morgan fingerprint density at radius 3 is 2.90 bits per heavy atom. The topological polar surface area (TPSA) is 15.3 Å². The van der Waals surface area contributed by atoms with Crippen molar-refractivity contribution in [1.29, 1.82) is 0 Å². The molecule has 112 valence electrons. The van der Waals surface area contributed by atoms with E-state index in [-0.39, 0.29) is 0 Å². The quantitative estimate of drug-likeness (QED) is 0.876. The van der Waals surface area contributed by atoms with E-state index in [9.17, 15) is 0 Å². The maximum absolute atomic E-state index is 6.26. The molecule has 0 bridgehead atoms. The third-order valence-corrected chi connectivity index (χ3v) is 4.42. The lowest BCUT2D eigenvalue weighted by atomic mass is 9.97. The van der Waals surface area contributed by atoms with E-state index in [4.69, 9.17) is 23.2 Å². The van der Waals surface area contributed by atoms with Crippen LogP contribution >= 0.6 is 23.2 Å². The summed E-state index contributed by atoms with van der Waals surface area (Å²) >= 11 is 12.3. The summed E-state index contributed by atoms with van der Waals surface area (Å²) < 4.78 is 0. The summed E-state index contributed by atoms with van der Waals surface area (Å²) in [6.45, 7) is 8.71. The van der Waals surface area contributed by atoms with Crippen molar-refractivity contribution in [1.82, 2.24) is 10.2 Å². The zero-order valence-electron chi connectivity index (χ0n) is 12.3. The molecule has 1 aromatic rings. The number of halogens is 2. The summed E-state index contributed by atoms with van der Waals surface area (Å²) in [5.74, 6) is 0.740. The second kappa shape index (κ2) is 7.65. The first-order valence-electron chi connectivity index (χ1n) is 7.44. The molecule has 2 rings (SSSR count). The fourth-order valence-electron chi connectivity index (χ4n) is 2.77. The SMILES string of the molecule is CC(C)NCC1CCCN(Cc2cc(Cl)ccc2Cl)C1. The highest BCUT2D eigenvalue weighted by atomic mass is 35.5. The second-order valence-corrected chi connectivity index (χ2v) is 6.89. The van der Waals surface area contributed by atoms with Crippen LogP contribution in [0, 0.1) is 5.92 Å². The molecular weight excluding hydrogens is 291 g/mol. The monoisotopic (exact) mass is 314 g/mol. The van der Waals surface area contributed by atoms with Crippen LogP contribution in [0.2, 0.25) is 10.0 Å². The normalized spacial score (nSPS) is 20.6. The van der Waals surface area contributed by atoms with E-state index < -0.39 is 0 Å². The zero-order chi connectivity index (χ0) is 14.5. The molecule has 0 aromatic heterocycles. The minimum Gasteiger partial charge on any atom is -0.314 e. The Balaban J connectivity index is 1.90. The van der Waals surface area contributed by atoms with Crippen LogP contribution in [-0.2, 0) is 6.54 Å². The van der Waals surface area contributed by atoms with Crippen LogP contribution in [0.3, 0.4) is 0 Å². The smallest absolute Gasteiger partial charge is 0.0452 e. The van der Waals surface area contributed by atoms with Crippen LogP contribution in [0.25, 0.3) is 0 Å². The van der Waals surface area contributed by atoms with Gasteiger partial charge < -0.3 is 5.32 Å². The van der Waals surface area contributed by atoms with Crippen molar-refractivity contribution in [2.75, 3.05) is 19.6 Å². The van der Waals surface area contributed by atoms with Crippen molar-refractivity contribution in [2.45, 2.75) is 39.3 Å². The van der Waals surface area contributed by atoms with Gasteiger partial charge in [-0.3, -0.25) is 4.90 Å². The molecule has 1 aromatic carbocycles. The van der Waals surface area contributed by atoms with Crippen LogP contribution in [0.4, 0.5) is 0 Å². The molecule has 20 heavy (non-hydrogen) atoms. The van der Waals surface area contributed by atoms with Gasteiger partial charge in [-0.2, -0.15) is 0 Å². The molecule has 1 aliphatic heterocycles. The van der Waals surface area contributed by atoms with E-state index >= 15 is 0 Å². The molecule has 1 atom stereocenters. The van der Waals surface area contributed by atoms with Crippen LogP contribution < -0.4 is 5.32 Å². The van der Waals surface area contributed by atoms with E-state index in [0.717, 1.165) is 47.7 Å². The van der Waals surface area contributed by atoms with E-state index in [2.05, 4.69) is 24.1 Å². The number of nitrogens with zero attached hydrogens (tertiary/aromatic N) is 1. The lowest BCUT2D eigenvalue weighted by Crippen LogP contribution is -2.40. The average molecular weight is 315 g/mol. The van der Waals surface area contributed by atoms with Gasteiger partial charge in [0.15, 0.2) is 0 Å². The van der Waals surface area contributed by atoms with Gasteiger partial charge in [0.25, 0.3) is 0 Å². The van der Waals surface area contributed by atoms with Gasteiger partial charge in [-0.05, 0) is 55.6 Å². The first-order valence-corrected chi connectivity index (χ1v) is 8.20. The van der Waals surface area contributed by atoms with Gasteiger partial charge in [-0.15, -0.1) is 0 Å². The van der Waals surface area contributed by atoms with Crippen LogP contribution in [0.15, 0.2) is 18.2 Å². The predicted octanol–water partition coefficient (Wildman–Crippen LogP) is 4.20. The third kappa shape index (κ3) is 4.92. The van der Waals surface area contributed by atoms with E-state index in [0.29, 0.717) is 6.04 Å². The Morgan fingerprint density at radius 2 is 2.15 bits per heavy atom. The average Bonchev–Trinajstić information content (AvgIpc) is 2.41. The molecule has 0 amide bonds. The first kappa shape index (κ1) is 16.1. The number of piperidine rings is 1. The fraction of sp³-hybridized carbons (Fsp3) is 0.625. The van der Waals surface area contributed by atoms with Crippen molar-refractivity contribution in [3.8, 4) is 0 Å². The molecule has 0 radical (unpaired) electrons. The third-order valence-electron chi connectivity index (χ3n) is 3.82. The Hall–Kier alpha value is -0.280. The minimum absolute atomic E-state index is 0.563. The largest absolute Gasteiger partial charge is 0.314 e. The molecule has 4 heteroatoms. The Kier molecular flexibility index (Phi) is 6.16. The molecule has 1 aliphatic rings. The summed E-state index contributed by atoms with van der Waals surface area (Å²) in [5, 5.41) is 5.13. The van der Waals surface area contributed by atoms with Crippen molar-refractivity contribution >= 4 is 23.2 Å². The Morgan fingerprint density at radius 1 is 1.35 bits per heavy atom. The zero-order valence-corrected chi connectivity index (χ0v) is 13.8. The molecule has 1 fully saturated rings. The lowest BCUT2D eigenvalue weighted by molar-refractivity contribution is 0.164. The summed E-state index contributed by atoms with van der Waals surface area (Å²) in [7, 11) is 0. The number of rotatable bonds is 5. The minimum atomic E-state index is 0.563. The van der Waals surface area contributed by atoms with Gasteiger partial charge in [0.05, 0.1) is 0 Å². The molecule has 2 nitrogen and oxygen atoms in total. The predicted molar refractivity (Wildman–Crippen MR) is 87.6 cm³/mol. The number of likely N-dealkylation sites (tertiary alicyclic amines) is 1. The summed E-state index contributed by atoms with van der Waals surface area (Å²) in [6, 6.07) is 6.28. The molecule has 1 unspecified atom stereocenters. The lowest BCUT2D eigenvalue weighted by Gasteiger charge is -2.33. The Bertz CT molecular complexity index is 434. The van der Waals surface area contributed by atoms with Gasteiger partial charge in [0, 0.05) is 29.2 Å². The Labute approximate surface area is 132 Å². The van der Waals surface area contributed by atoms with E-state index in [1.807, 2.05) is 18.2 Å². The van der Waals surface area contributed by atoms with Gasteiger partial charge in [0.1, 0.15) is 0 Å². The number of hydrogen-bond acceptors (Lipinski definition) is 2. The molecule has 0 aliphatic carbocycles. The first-order chi connectivity index (χ1) is 9.54. The van der Waals surface area contributed by atoms with Gasteiger partial charge in [-0.25, -0.2) is 0 Å². The molecule has 1 N–H and O–H groups in total. The number of nitrogens with one attached hydrogen (secondary N) is 1. The summed E-state index contributed by atoms with van der Waals surface area (Å²) in [4.78, 5) is 2.49. The highest BCUT2D eigenvalue weighted by Crippen LogP contribution is 2.24. The second-order valence-electron chi connectivity index (χ2n) is 6.04. The molecule has 0 spiro atoms. The van der Waals surface area contributed by atoms with Crippen molar-refractivity contribution in [2.24, 2.45) is 5.92 Å². The van der Waals surface area contributed by atoms with Gasteiger partial charge in [0.2, 0.25) is 0 Å². The van der Waals surface area contributed by atoms with Crippen LogP contribution in [0.1, 0.15) is 32.3 Å². The van der Waals surface area contributed by atoms with Crippen LogP contribution in [-0.4, -0.2) is 30.6 Å². The fourth-order valence-corrected chi connectivity index (χ4v) is 3.14. The maximum Gasteiger partial charge on any atom is 0.0452 e. The summed E-state index contributed by atoms with van der Waals surface area (Å²) in [5.41, 5.74) is 1.14. The summed E-state index contributed by atoms with van der Waals surface area (Å²) in [6.07, 6.45) is 2.59.